The van der Waals surface area contributed by atoms with Crippen LogP contribution in [0.4, 0.5) is 5.69 Å². The third kappa shape index (κ3) is 4.27. The molecular weight excluding hydrogens is 430 g/mol. The van der Waals surface area contributed by atoms with Crippen LogP contribution in [0.1, 0.15) is 36.1 Å². The van der Waals surface area contributed by atoms with Gasteiger partial charge in [0.25, 0.3) is 11.7 Å². The van der Waals surface area contributed by atoms with E-state index in [0.29, 0.717) is 34.9 Å². The van der Waals surface area contributed by atoms with Crippen LogP contribution < -0.4 is 14.4 Å². The largest absolute Gasteiger partial charge is 0.507 e. The standard InChI is InChI=1S/C28H27NO5/c1-4-15-34-21-12-8-11-20(17-21)26(30)24-25(19-10-7-9-18(2)16-19)29(28(32)27(24)31)22-13-5-6-14-23(22)33-3/h5-14,16-17,25,30H,4,15H2,1-3H3/b26-24-. The van der Waals surface area contributed by atoms with Crippen molar-refractivity contribution in [3.8, 4) is 11.5 Å². The van der Waals surface area contributed by atoms with Gasteiger partial charge in [-0.25, -0.2) is 0 Å². The molecule has 0 aliphatic carbocycles. The Morgan fingerprint density at radius 2 is 1.76 bits per heavy atom. The molecular formula is C28H27NO5. The third-order valence-electron chi connectivity index (χ3n) is 5.73. The Hall–Kier alpha value is -4.06. The van der Waals surface area contributed by atoms with Crippen molar-refractivity contribution in [2.24, 2.45) is 0 Å². The fraction of sp³-hybridized carbons (Fsp3) is 0.214. The van der Waals surface area contributed by atoms with Gasteiger partial charge in [-0.3, -0.25) is 14.5 Å². The summed E-state index contributed by atoms with van der Waals surface area (Å²) >= 11 is 0. The number of rotatable bonds is 7. The second-order valence-electron chi connectivity index (χ2n) is 8.13. The van der Waals surface area contributed by atoms with Gasteiger partial charge in [0.15, 0.2) is 0 Å². The lowest BCUT2D eigenvalue weighted by atomic mass is 9.94. The number of anilines is 1. The van der Waals surface area contributed by atoms with Crippen molar-refractivity contribution in [2.45, 2.75) is 26.3 Å². The van der Waals surface area contributed by atoms with E-state index in [-0.39, 0.29) is 11.3 Å². The highest BCUT2D eigenvalue weighted by Gasteiger charge is 2.47. The molecule has 1 saturated heterocycles. The van der Waals surface area contributed by atoms with E-state index in [9.17, 15) is 14.7 Å². The summed E-state index contributed by atoms with van der Waals surface area (Å²) in [5.74, 6) is -0.691. The van der Waals surface area contributed by atoms with Crippen LogP contribution in [0.15, 0.2) is 78.4 Å². The first-order valence-electron chi connectivity index (χ1n) is 11.2. The van der Waals surface area contributed by atoms with Gasteiger partial charge in [0, 0.05) is 5.56 Å². The SMILES string of the molecule is CCCOc1cccc(/C(O)=C2/C(=O)C(=O)N(c3ccccc3OC)C2c2cccc(C)c2)c1. The van der Waals surface area contributed by atoms with Crippen molar-refractivity contribution >= 4 is 23.1 Å². The summed E-state index contributed by atoms with van der Waals surface area (Å²) in [6, 6.07) is 20.7. The van der Waals surface area contributed by atoms with E-state index in [1.165, 1.54) is 12.0 Å². The highest BCUT2D eigenvalue weighted by Crippen LogP contribution is 2.45. The first kappa shape index (κ1) is 23.1. The molecule has 174 valence electrons. The van der Waals surface area contributed by atoms with Gasteiger partial charge in [-0.1, -0.05) is 61.0 Å². The van der Waals surface area contributed by atoms with E-state index in [1.54, 1.807) is 48.5 Å². The van der Waals surface area contributed by atoms with Gasteiger partial charge in [-0.2, -0.15) is 0 Å². The van der Waals surface area contributed by atoms with Crippen molar-refractivity contribution in [3.63, 3.8) is 0 Å². The predicted octanol–water partition coefficient (Wildman–Crippen LogP) is 5.42. The third-order valence-corrected chi connectivity index (χ3v) is 5.73. The number of ether oxygens (including phenoxy) is 2. The number of ketones is 1. The number of aryl methyl sites for hydroxylation is 1. The molecule has 6 nitrogen and oxygen atoms in total. The number of aliphatic hydroxyl groups is 1. The summed E-state index contributed by atoms with van der Waals surface area (Å²) in [6.07, 6.45) is 0.841. The molecule has 1 amide bonds. The number of methoxy groups -OCH3 is 1. The van der Waals surface area contributed by atoms with E-state index in [2.05, 4.69) is 0 Å². The number of hydrogen-bond acceptors (Lipinski definition) is 5. The Morgan fingerprint density at radius 3 is 2.50 bits per heavy atom. The summed E-state index contributed by atoms with van der Waals surface area (Å²) in [5.41, 5.74) is 2.57. The quantitative estimate of drug-likeness (QED) is 0.291. The maximum atomic E-state index is 13.3. The van der Waals surface area contributed by atoms with Crippen molar-refractivity contribution in [1.82, 2.24) is 0 Å². The zero-order valence-electron chi connectivity index (χ0n) is 19.4. The molecule has 0 spiro atoms. The zero-order chi connectivity index (χ0) is 24.2. The molecule has 1 atom stereocenters. The Labute approximate surface area is 199 Å². The number of benzene rings is 3. The lowest BCUT2D eigenvalue weighted by Gasteiger charge is -2.27. The van der Waals surface area contributed by atoms with Gasteiger partial charge in [-0.15, -0.1) is 0 Å². The Bertz CT molecular complexity index is 1260. The molecule has 0 saturated carbocycles. The van der Waals surface area contributed by atoms with Crippen LogP contribution in [0.3, 0.4) is 0 Å². The molecule has 3 aromatic carbocycles. The number of amides is 1. The number of carbonyl (C=O) groups is 2. The first-order chi connectivity index (χ1) is 16.5. The number of Topliss-reactive ketones (excluding diaryl/α,β-unsaturated/α-hetero) is 1. The number of nitrogens with zero attached hydrogens (tertiary/aromatic N) is 1. The molecule has 1 heterocycles. The molecule has 34 heavy (non-hydrogen) atoms. The van der Waals surface area contributed by atoms with Crippen LogP contribution in [-0.4, -0.2) is 30.5 Å². The Morgan fingerprint density at radius 1 is 1.00 bits per heavy atom. The first-order valence-corrected chi connectivity index (χ1v) is 11.2. The van der Waals surface area contributed by atoms with E-state index < -0.39 is 17.7 Å². The lowest BCUT2D eigenvalue weighted by molar-refractivity contribution is -0.132. The molecule has 1 aliphatic heterocycles. The highest BCUT2D eigenvalue weighted by atomic mass is 16.5. The zero-order valence-corrected chi connectivity index (χ0v) is 19.4. The van der Waals surface area contributed by atoms with Crippen LogP contribution >= 0.6 is 0 Å². The molecule has 0 bridgehead atoms. The molecule has 0 radical (unpaired) electrons. The van der Waals surface area contributed by atoms with E-state index in [0.717, 1.165) is 12.0 Å². The van der Waals surface area contributed by atoms with E-state index in [4.69, 9.17) is 9.47 Å². The fourth-order valence-corrected chi connectivity index (χ4v) is 4.17. The maximum absolute atomic E-state index is 13.3. The maximum Gasteiger partial charge on any atom is 0.300 e. The van der Waals surface area contributed by atoms with Gasteiger partial charge in [-0.05, 0) is 43.2 Å². The minimum Gasteiger partial charge on any atom is -0.507 e. The average Bonchev–Trinajstić information content (AvgIpc) is 3.12. The van der Waals surface area contributed by atoms with Crippen molar-refractivity contribution in [1.29, 1.82) is 0 Å². The summed E-state index contributed by atoms with van der Waals surface area (Å²) in [6.45, 7) is 4.48. The normalized spacial score (nSPS) is 17.1. The van der Waals surface area contributed by atoms with Crippen molar-refractivity contribution in [3.05, 3.63) is 95.1 Å². The van der Waals surface area contributed by atoms with Gasteiger partial charge < -0.3 is 14.6 Å². The smallest absolute Gasteiger partial charge is 0.300 e. The second-order valence-corrected chi connectivity index (χ2v) is 8.13. The number of carbonyl (C=O) groups excluding carboxylic acids is 2. The van der Waals surface area contributed by atoms with Crippen LogP contribution in [0.25, 0.3) is 5.76 Å². The number of aliphatic hydroxyl groups excluding tert-OH is 1. The van der Waals surface area contributed by atoms with Crippen molar-refractivity contribution in [2.75, 3.05) is 18.6 Å². The molecule has 3 aromatic rings. The number of para-hydroxylation sites is 2. The summed E-state index contributed by atoms with van der Waals surface area (Å²) in [5, 5.41) is 11.3. The fourth-order valence-electron chi connectivity index (χ4n) is 4.17. The van der Waals surface area contributed by atoms with Gasteiger partial charge in [0.2, 0.25) is 0 Å². The lowest BCUT2D eigenvalue weighted by Crippen LogP contribution is -2.29. The molecule has 1 aliphatic rings. The van der Waals surface area contributed by atoms with Crippen LogP contribution in [0, 0.1) is 6.92 Å². The minimum atomic E-state index is -0.823. The van der Waals surface area contributed by atoms with Crippen LogP contribution in [0.5, 0.6) is 11.5 Å². The van der Waals surface area contributed by atoms with Crippen molar-refractivity contribution < 1.29 is 24.2 Å². The summed E-state index contributed by atoms with van der Waals surface area (Å²) in [7, 11) is 1.51. The molecule has 6 heteroatoms. The van der Waals surface area contributed by atoms with Gasteiger partial charge in [0.1, 0.15) is 17.3 Å². The number of hydrogen-bond donors (Lipinski definition) is 1. The summed E-state index contributed by atoms with van der Waals surface area (Å²) in [4.78, 5) is 28.1. The van der Waals surface area contributed by atoms with E-state index >= 15 is 0 Å². The molecule has 1 unspecified atom stereocenters. The molecule has 1 fully saturated rings. The Kier molecular flexibility index (Phi) is 6.68. The molecule has 0 aromatic heterocycles. The van der Waals surface area contributed by atoms with Gasteiger partial charge in [0.05, 0.1) is 31.0 Å². The summed E-state index contributed by atoms with van der Waals surface area (Å²) < 4.78 is 11.2. The molecule has 4 rings (SSSR count). The van der Waals surface area contributed by atoms with E-state index in [1.807, 2.05) is 38.1 Å². The molecule has 1 N–H and O–H groups in total. The highest BCUT2D eigenvalue weighted by molar-refractivity contribution is 6.51. The minimum absolute atomic E-state index is 0.0224. The topological polar surface area (TPSA) is 76.1 Å². The average molecular weight is 458 g/mol. The van der Waals surface area contributed by atoms with Gasteiger partial charge >= 0.3 is 0 Å². The predicted molar refractivity (Wildman–Crippen MR) is 131 cm³/mol. The van der Waals surface area contributed by atoms with Crippen LogP contribution in [0.2, 0.25) is 0 Å². The Balaban J connectivity index is 1.92. The monoisotopic (exact) mass is 457 g/mol. The second kappa shape index (κ2) is 9.83. The van der Waals surface area contributed by atoms with Crippen LogP contribution in [-0.2, 0) is 9.59 Å².